The molecule has 0 unspecified atom stereocenters. The van der Waals surface area contributed by atoms with Gasteiger partial charge in [-0.1, -0.05) is 6.92 Å². The normalized spacial score (nSPS) is 9.50. The van der Waals surface area contributed by atoms with E-state index < -0.39 is 6.03 Å². The van der Waals surface area contributed by atoms with Crippen LogP contribution in [0.4, 0.5) is 4.79 Å². The molecule has 0 spiro atoms. The molecule has 0 atom stereocenters. The van der Waals surface area contributed by atoms with Gasteiger partial charge in [-0.05, 0) is 6.54 Å². The van der Waals surface area contributed by atoms with Crippen LogP contribution < -0.4 is 21.7 Å². The first-order valence-electron chi connectivity index (χ1n) is 4.67. The van der Waals surface area contributed by atoms with Crippen molar-refractivity contribution >= 4 is 11.9 Å². The van der Waals surface area contributed by atoms with Crippen LogP contribution in [-0.2, 0) is 4.79 Å². The number of carbonyl (C=O) groups is 2. The fourth-order valence-electron chi connectivity index (χ4n) is 0.855. The first kappa shape index (κ1) is 12.7. The molecule has 6 nitrogen and oxygen atoms in total. The maximum Gasteiger partial charge on any atom is 0.312 e. The van der Waals surface area contributed by atoms with E-state index in [9.17, 15) is 9.59 Å². The molecule has 0 saturated heterocycles. The maximum absolute atomic E-state index is 11.1. The predicted octanol–water partition coefficient (Wildman–Crippen LogP) is -1.23. The van der Waals surface area contributed by atoms with Crippen LogP contribution in [0.2, 0.25) is 0 Å². The molecule has 14 heavy (non-hydrogen) atoms. The van der Waals surface area contributed by atoms with Crippen LogP contribution in [-0.4, -0.2) is 38.1 Å². The van der Waals surface area contributed by atoms with Crippen LogP contribution >= 0.6 is 0 Å². The van der Waals surface area contributed by atoms with Crippen molar-refractivity contribution in [2.24, 2.45) is 5.73 Å². The zero-order valence-electron chi connectivity index (χ0n) is 8.43. The Morgan fingerprint density at radius 1 is 1.14 bits per heavy atom. The molecule has 0 heterocycles. The van der Waals surface area contributed by atoms with Gasteiger partial charge in [0.1, 0.15) is 0 Å². The highest BCUT2D eigenvalue weighted by molar-refractivity contribution is 5.76. The molecule has 0 bridgehead atoms. The molecule has 0 aliphatic carbocycles. The molecule has 0 aromatic heterocycles. The zero-order chi connectivity index (χ0) is 10.8. The van der Waals surface area contributed by atoms with Gasteiger partial charge in [-0.15, -0.1) is 0 Å². The molecule has 0 saturated carbocycles. The minimum absolute atomic E-state index is 0.0304. The van der Waals surface area contributed by atoms with Crippen molar-refractivity contribution in [3.05, 3.63) is 0 Å². The third kappa shape index (κ3) is 8.79. The first-order chi connectivity index (χ1) is 6.66. The fraction of sp³-hybridized carbons (Fsp3) is 0.750. The van der Waals surface area contributed by atoms with Gasteiger partial charge in [0.05, 0.1) is 0 Å². The summed E-state index contributed by atoms with van der Waals surface area (Å²) in [5.74, 6) is -0.0304. The molecule has 0 rings (SSSR count). The van der Waals surface area contributed by atoms with Crippen molar-refractivity contribution in [2.45, 2.75) is 13.3 Å². The molecule has 0 radical (unpaired) electrons. The molecule has 82 valence electrons. The lowest BCUT2D eigenvalue weighted by Gasteiger charge is -2.05. The van der Waals surface area contributed by atoms with E-state index in [4.69, 9.17) is 5.73 Å². The Morgan fingerprint density at radius 2 is 1.79 bits per heavy atom. The highest BCUT2D eigenvalue weighted by Gasteiger charge is 1.99. The summed E-state index contributed by atoms with van der Waals surface area (Å²) in [4.78, 5) is 21.3. The van der Waals surface area contributed by atoms with Crippen LogP contribution in [0, 0.1) is 0 Å². The Morgan fingerprint density at radius 3 is 2.36 bits per heavy atom. The Hall–Kier alpha value is -1.30. The second-order valence-electron chi connectivity index (χ2n) is 2.74. The lowest BCUT2D eigenvalue weighted by Crippen LogP contribution is -2.37. The predicted molar refractivity (Wildman–Crippen MR) is 53.8 cm³/mol. The van der Waals surface area contributed by atoms with E-state index in [-0.39, 0.29) is 5.91 Å². The van der Waals surface area contributed by atoms with Crippen LogP contribution in [0.1, 0.15) is 13.3 Å². The van der Waals surface area contributed by atoms with Crippen molar-refractivity contribution in [3.8, 4) is 0 Å². The number of primary amides is 1. The van der Waals surface area contributed by atoms with Crippen molar-refractivity contribution in [1.29, 1.82) is 0 Å². The van der Waals surface area contributed by atoms with Crippen molar-refractivity contribution in [3.63, 3.8) is 0 Å². The van der Waals surface area contributed by atoms with Crippen molar-refractivity contribution < 1.29 is 9.59 Å². The molecule has 0 aromatic carbocycles. The molecular formula is C8H18N4O2. The molecule has 6 heteroatoms. The molecule has 5 N–H and O–H groups in total. The topological polar surface area (TPSA) is 96.2 Å². The molecule has 0 fully saturated rings. The number of hydrogen-bond donors (Lipinski definition) is 4. The summed E-state index contributed by atoms with van der Waals surface area (Å²) in [5, 5.41) is 8.06. The van der Waals surface area contributed by atoms with Gasteiger partial charge in [0, 0.05) is 26.1 Å². The molecule has 3 amide bonds. The molecule has 0 aromatic rings. The van der Waals surface area contributed by atoms with Gasteiger partial charge in [-0.3, -0.25) is 4.79 Å². The lowest BCUT2D eigenvalue weighted by atomic mass is 10.4. The summed E-state index contributed by atoms with van der Waals surface area (Å²) in [6, 6.07) is -0.577. The number of urea groups is 1. The van der Waals surface area contributed by atoms with E-state index in [0.29, 0.717) is 26.1 Å². The minimum Gasteiger partial charge on any atom is -0.354 e. The van der Waals surface area contributed by atoms with E-state index in [1.54, 1.807) is 0 Å². The molecule has 0 aliphatic heterocycles. The number of nitrogens with two attached hydrogens (primary N) is 1. The van der Waals surface area contributed by atoms with E-state index in [1.165, 1.54) is 0 Å². The SMILES string of the molecule is CCNCCC(=O)NCCNC(N)=O. The smallest absolute Gasteiger partial charge is 0.312 e. The Labute approximate surface area is 83.6 Å². The third-order valence-electron chi connectivity index (χ3n) is 1.53. The van der Waals surface area contributed by atoms with E-state index in [0.717, 1.165) is 6.54 Å². The van der Waals surface area contributed by atoms with Crippen LogP contribution in [0.25, 0.3) is 0 Å². The number of nitrogens with one attached hydrogen (secondary N) is 3. The Balaban J connectivity index is 3.22. The summed E-state index contributed by atoms with van der Waals surface area (Å²) < 4.78 is 0. The summed E-state index contributed by atoms with van der Waals surface area (Å²) in [5.41, 5.74) is 4.83. The van der Waals surface area contributed by atoms with E-state index in [2.05, 4.69) is 16.0 Å². The second kappa shape index (κ2) is 8.31. The Kier molecular flexibility index (Phi) is 7.53. The number of carbonyl (C=O) groups excluding carboxylic acids is 2. The highest BCUT2D eigenvalue weighted by atomic mass is 16.2. The fourth-order valence-corrected chi connectivity index (χ4v) is 0.855. The summed E-state index contributed by atoms with van der Waals surface area (Å²) in [6.07, 6.45) is 0.449. The average molecular weight is 202 g/mol. The van der Waals surface area contributed by atoms with Crippen molar-refractivity contribution in [2.75, 3.05) is 26.2 Å². The van der Waals surface area contributed by atoms with Crippen LogP contribution in [0.5, 0.6) is 0 Å². The third-order valence-corrected chi connectivity index (χ3v) is 1.53. The quantitative estimate of drug-likeness (QED) is 0.389. The van der Waals surface area contributed by atoms with Gasteiger partial charge in [-0.25, -0.2) is 4.79 Å². The van der Waals surface area contributed by atoms with Gasteiger partial charge in [-0.2, -0.15) is 0 Å². The van der Waals surface area contributed by atoms with Gasteiger partial charge < -0.3 is 21.7 Å². The van der Waals surface area contributed by atoms with Gasteiger partial charge >= 0.3 is 6.03 Å². The number of rotatable bonds is 7. The van der Waals surface area contributed by atoms with E-state index >= 15 is 0 Å². The standard InChI is InChI=1S/C8H18N4O2/c1-2-10-4-3-7(13)11-5-6-12-8(9)14/h10H,2-6H2,1H3,(H,11,13)(H3,9,12,14). The Bertz CT molecular complexity index is 184. The van der Waals surface area contributed by atoms with Crippen LogP contribution in [0.3, 0.4) is 0 Å². The summed E-state index contributed by atoms with van der Waals surface area (Å²) in [6.45, 7) is 4.28. The van der Waals surface area contributed by atoms with Crippen molar-refractivity contribution in [1.82, 2.24) is 16.0 Å². The first-order valence-corrected chi connectivity index (χ1v) is 4.67. The van der Waals surface area contributed by atoms with Crippen LogP contribution in [0.15, 0.2) is 0 Å². The molecule has 0 aliphatic rings. The number of amides is 3. The monoisotopic (exact) mass is 202 g/mol. The summed E-state index contributed by atoms with van der Waals surface area (Å²) >= 11 is 0. The highest BCUT2D eigenvalue weighted by Crippen LogP contribution is 1.75. The largest absolute Gasteiger partial charge is 0.354 e. The zero-order valence-corrected chi connectivity index (χ0v) is 8.43. The average Bonchev–Trinajstić information content (AvgIpc) is 2.13. The summed E-state index contributed by atoms with van der Waals surface area (Å²) in [7, 11) is 0. The minimum atomic E-state index is -0.577. The maximum atomic E-state index is 11.1. The van der Waals surface area contributed by atoms with Gasteiger partial charge in [0.15, 0.2) is 0 Å². The lowest BCUT2D eigenvalue weighted by molar-refractivity contribution is -0.120. The van der Waals surface area contributed by atoms with Gasteiger partial charge in [0.25, 0.3) is 0 Å². The molecular weight excluding hydrogens is 184 g/mol. The number of hydrogen-bond acceptors (Lipinski definition) is 3. The van der Waals surface area contributed by atoms with E-state index in [1.807, 2.05) is 6.92 Å². The second-order valence-corrected chi connectivity index (χ2v) is 2.74. The van der Waals surface area contributed by atoms with Gasteiger partial charge in [0.2, 0.25) is 5.91 Å².